The van der Waals surface area contributed by atoms with Gasteiger partial charge in [0.05, 0.1) is 18.0 Å². The molecule has 2 aromatic rings. The van der Waals surface area contributed by atoms with E-state index in [4.69, 9.17) is 0 Å². The second kappa shape index (κ2) is 4.06. The van der Waals surface area contributed by atoms with Crippen LogP contribution in [-0.4, -0.2) is 33.4 Å². The first kappa shape index (κ1) is 11.0. The van der Waals surface area contributed by atoms with E-state index in [1.165, 1.54) is 12.8 Å². The van der Waals surface area contributed by atoms with Gasteiger partial charge in [0.25, 0.3) is 5.91 Å². The molecule has 2 aliphatic heterocycles. The van der Waals surface area contributed by atoms with Crippen molar-refractivity contribution in [3.8, 4) is 0 Å². The molecule has 4 rings (SSSR count). The largest absolute Gasteiger partial charge is 0.348 e. The minimum Gasteiger partial charge on any atom is -0.348 e. The van der Waals surface area contributed by atoms with Crippen LogP contribution in [0, 0.1) is 0 Å². The third-order valence-electron chi connectivity index (χ3n) is 4.29. The first-order valence-electron chi connectivity index (χ1n) is 6.78. The number of fused-ring (bicyclic) bond motifs is 3. The molecule has 2 N–H and O–H groups in total. The first-order chi connectivity index (χ1) is 9.29. The zero-order valence-electron chi connectivity index (χ0n) is 10.5. The molecule has 0 aromatic carbocycles. The molecule has 0 radical (unpaired) electrons. The molecular formula is C14H16N4O. The molecule has 2 aromatic heterocycles. The van der Waals surface area contributed by atoms with Crippen LogP contribution in [0.5, 0.6) is 0 Å². The van der Waals surface area contributed by atoms with Crippen molar-refractivity contribution in [2.24, 2.45) is 0 Å². The molecule has 4 heterocycles. The first-order valence-corrected chi connectivity index (χ1v) is 6.78. The van der Waals surface area contributed by atoms with Crippen LogP contribution >= 0.6 is 0 Å². The third-order valence-corrected chi connectivity index (χ3v) is 4.29. The highest BCUT2D eigenvalue weighted by Crippen LogP contribution is 2.28. The van der Waals surface area contributed by atoms with Crippen molar-refractivity contribution in [1.82, 2.24) is 20.0 Å². The standard InChI is InChI=1S/C14H16N4O/c19-14(17-13-6-10-1-2-12(13)16-10)9-3-4-18-8-15-7-11(18)5-9/h3-5,7-8,10,12-13,16H,1-2,6H2,(H,17,19). The van der Waals surface area contributed by atoms with E-state index in [9.17, 15) is 4.79 Å². The number of hydrogen-bond donors (Lipinski definition) is 2. The van der Waals surface area contributed by atoms with Gasteiger partial charge in [0.1, 0.15) is 0 Å². The lowest BCUT2D eigenvalue weighted by Gasteiger charge is -2.21. The smallest absolute Gasteiger partial charge is 0.251 e. The zero-order valence-corrected chi connectivity index (χ0v) is 10.5. The van der Waals surface area contributed by atoms with Crippen LogP contribution in [0.15, 0.2) is 30.9 Å². The van der Waals surface area contributed by atoms with Gasteiger partial charge in [-0.25, -0.2) is 4.98 Å². The Morgan fingerprint density at radius 1 is 1.47 bits per heavy atom. The van der Waals surface area contributed by atoms with Gasteiger partial charge in [-0.05, 0) is 31.4 Å². The molecule has 2 bridgehead atoms. The highest BCUT2D eigenvalue weighted by Gasteiger charge is 2.39. The fourth-order valence-corrected chi connectivity index (χ4v) is 3.30. The summed E-state index contributed by atoms with van der Waals surface area (Å²) in [6, 6.07) is 5.07. The van der Waals surface area contributed by atoms with Crippen LogP contribution in [0.25, 0.3) is 5.52 Å². The van der Waals surface area contributed by atoms with Gasteiger partial charge >= 0.3 is 0 Å². The van der Waals surface area contributed by atoms with Gasteiger partial charge in [0.15, 0.2) is 0 Å². The number of amides is 1. The second-order valence-corrected chi connectivity index (χ2v) is 5.50. The van der Waals surface area contributed by atoms with Gasteiger partial charge in [-0.15, -0.1) is 0 Å². The van der Waals surface area contributed by atoms with Crippen LogP contribution in [0.4, 0.5) is 0 Å². The lowest BCUT2D eigenvalue weighted by molar-refractivity contribution is 0.0931. The van der Waals surface area contributed by atoms with E-state index < -0.39 is 0 Å². The number of rotatable bonds is 2. The molecule has 0 spiro atoms. The van der Waals surface area contributed by atoms with Crippen molar-refractivity contribution in [3.63, 3.8) is 0 Å². The van der Waals surface area contributed by atoms with E-state index in [1.807, 2.05) is 22.7 Å². The van der Waals surface area contributed by atoms with Gasteiger partial charge in [-0.2, -0.15) is 0 Å². The minimum atomic E-state index is 0.0167. The predicted molar refractivity (Wildman–Crippen MR) is 71.0 cm³/mol. The van der Waals surface area contributed by atoms with Gasteiger partial charge in [-0.3, -0.25) is 4.79 Å². The van der Waals surface area contributed by atoms with E-state index in [0.717, 1.165) is 11.9 Å². The van der Waals surface area contributed by atoms with Crippen molar-refractivity contribution in [3.05, 3.63) is 36.4 Å². The molecule has 0 saturated carbocycles. The third kappa shape index (κ3) is 1.81. The van der Waals surface area contributed by atoms with Crippen molar-refractivity contribution < 1.29 is 4.79 Å². The molecule has 2 fully saturated rings. The second-order valence-electron chi connectivity index (χ2n) is 5.50. The zero-order chi connectivity index (χ0) is 12.8. The van der Waals surface area contributed by atoms with Crippen LogP contribution in [-0.2, 0) is 0 Å². The van der Waals surface area contributed by atoms with Gasteiger partial charge in [-0.1, -0.05) is 0 Å². The van der Waals surface area contributed by atoms with Crippen LogP contribution < -0.4 is 10.6 Å². The number of aromatic nitrogens is 2. The highest BCUT2D eigenvalue weighted by molar-refractivity contribution is 5.95. The maximum absolute atomic E-state index is 12.3. The average Bonchev–Trinajstić information content (AvgIpc) is 3.13. The van der Waals surface area contributed by atoms with E-state index in [0.29, 0.717) is 17.6 Å². The highest BCUT2D eigenvalue weighted by atomic mass is 16.1. The number of nitrogens with zero attached hydrogens (tertiary/aromatic N) is 2. The summed E-state index contributed by atoms with van der Waals surface area (Å²) in [5, 5.41) is 6.68. The summed E-state index contributed by atoms with van der Waals surface area (Å²) in [7, 11) is 0. The Morgan fingerprint density at radius 2 is 2.42 bits per heavy atom. The lowest BCUT2D eigenvalue weighted by Crippen LogP contribution is -2.42. The number of carbonyl (C=O) groups is 1. The Kier molecular flexibility index (Phi) is 2.35. The minimum absolute atomic E-state index is 0.0167. The molecule has 98 valence electrons. The molecule has 5 heteroatoms. The Labute approximate surface area is 111 Å². The Hall–Kier alpha value is -1.88. The van der Waals surface area contributed by atoms with Crippen LogP contribution in [0.2, 0.25) is 0 Å². The van der Waals surface area contributed by atoms with Crippen LogP contribution in [0.1, 0.15) is 29.6 Å². The van der Waals surface area contributed by atoms with E-state index >= 15 is 0 Å². The monoisotopic (exact) mass is 256 g/mol. The summed E-state index contributed by atoms with van der Waals surface area (Å²) in [6.07, 6.45) is 8.85. The summed E-state index contributed by atoms with van der Waals surface area (Å²) in [5.41, 5.74) is 1.65. The van der Waals surface area contributed by atoms with Gasteiger partial charge in [0.2, 0.25) is 0 Å². The summed E-state index contributed by atoms with van der Waals surface area (Å²) >= 11 is 0. The van der Waals surface area contributed by atoms with Crippen molar-refractivity contribution in [2.75, 3.05) is 0 Å². The lowest BCUT2D eigenvalue weighted by atomic mass is 9.95. The summed E-state index contributed by atoms with van der Waals surface area (Å²) < 4.78 is 1.90. The maximum atomic E-state index is 12.3. The SMILES string of the molecule is O=C(NC1CC2CCC1N2)c1ccn2cncc2c1. The average molecular weight is 256 g/mol. The van der Waals surface area contributed by atoms with Crippen molar-refractivity contribution >= 4 is 11.4 Å². The van der Waals surface area contributed by atoms with Gasteiger partial charge in [0, 0.05) is 29.9 Å². The molecule has 19 heavy (non-hydrogen) atoms. The molecule has 5 nitrogen and oxygen atoms in total. The number of hydrogen-bond acceptors (Lipinski definition) is 3. The predicted octanol–water partition coefficient (Wildman–Crippen LogP) is 0.957. The summed E-state index contributed by atoms with van der Waals surface area (Å²) in [4.78, 5) is 16.3. The maximum Gasteiger partial charge on any atom is 0.251 e. The van der Waals surface area contributed by atoms with Crippen molar-refractivity contribution in [2.45, 2.75) is 37.4 Å². The van der Waals surface area contributed by atoms with E-state index in [-0.39, 0.29) is 11.9 Å². The quantitative estimate of drug-likeness (QED) is 0.841. The Morgan fingerprint density at radius 3 is 3.21 bits per heavy atom. The number of pyridine rings is 1. The van der Waals surface area contributed by atoms with Gasteiger partial charge < -0.3 is 15.0 Å². The fraction of sp³-hybridized carbons (Fsp3) is 0.429. The molecule has 1 amide bonds. The normalized spacial score (nSPS) is 28.9. The molecule has 0 aliphatic carbocycles. The Balaban J connectivity index is 1.53. The van der Waals surface area contributed by atoms with Crippen molar-refractivity contribution in [1.29, 1.82) is 0 Å². The number of imidazole rings is 1. The number of carbonyl (C=O) groups excluding carboxylic acids is 1. The molecule has 3 atom stereocenters. The molecule has 3 unspecified atom stereocenters. The van der Waals surface area contributed by atoms with E-state index in [1.54, 1.807) is 12.5 Å². The molecule has 2 saturated heterocycles. The number of nitrogens with one attached hydrogen (secondary N) is 2. The molecular weight excluding hydrogens is 240 g/mol. The van der Waals surface area contributed by atoms with Crippen LogP contribution in [0.3, 0.4) is 0 Å². The Bertz CT molecular complexity index is 635. The summed E-state index contributed by atoms with van der Waals surface area (Å²) in [6.45, 7) is 0. The fourth-order valence-electron chi connectivity index (χ4n) is 3.30. The molecule has 2 aliphatic rings. The topological polar surface area (TPSA) is 58.4 Å². The summed E-state index contributed by atoms with van der Waals surface area (Å²) in [5.74, 6) is 0.0167. The van der Waals surface area contributed by atoms with E-state index in [2.05, 4.69) is 15.6 Å².